The zero-order chi connectivity index (χ0) is 15.5. The van der Waals surface area contributed by atoms with Crippen molar-refractivity contribution in [2.24, 2.45) is 0 Å². The Bertz CT molecular complexity index is 909. The molecule has 0 aliphatic carbocycles. The van der Waals surface area contributed by atoms with Gasteiger partial charge in [0, 0.05) is 35.7 Å². The summed E-state index contributed by atoms with van der Waals surface area (Å²) in [5.41, 5.74) is 3.98. The van der Waals surface area contributed by atoms with Gasteiger partial charge in [-0.25, -0.2) is 0 Å². The average Bonchev–Trinajstić information content (AvgIpc) is 3.23. The molecule has 1 N–H and O–H groups in total. The Morgan fingerprint density at radius 3 is 2.65 bits per heavy atom. The van der Waals surface area contributed by atoms with Crippen molar-refractivity contribution in [3.05, 3.63) is 78.2 Å². The van der Waals surface area contributed by atoms with Gasteiger partial charge < -0.3 is 14.3 Å². The number of nitrogens with zero attached hydrogens (tertiary/aromatic N) is 1. The van der Waals surface area contributed by atoms with Crippen LogP contribution in [0.2, 0.25) is 0 Å². The molecule has 0 atom stereocenters. The van der Waals surface area contributed by atoms with Crippen LogP contribution in [-0.4, -0.2) is 5.16 Å². The SMILES string of the molecule is c1ccc(-c2cc(CNCc3coc4ccccc34)no2)cc1. The predicted molar refractivity (Wildman–Crippen MR) is 88.7 cm³/mol. The molecule has 0 saturated carbocycles. The van der Waals surface area contributed by atoms with Gasteiger partial charge in [-0.1, -0.05) is 53.7 Å². The van der Waals surface area contributed by atoms with E-state index in [2.05, 4.69) is 16.5 Å². The predicted octanol–water partition coefficient (Wildman–Crippen LogP) is 4.38. The second kappa shape index (κ2) is 6.10. The Morgan fingerprint density at radius 1 is 0.913 bits per heavy atom. The van der Waals surface area contributed by atoms with Gasteiger partial charge in [0.05, 0.1) is 12.0 Å². The smallest absolute Gasteiger partial charge is 0.167 e. The molecule has 2 aromatic heterocycles. The highest BCUT2D eigenvalue weighted by molar-refractivity contribution is 5.80. The van der Waals surface area contributed by atoms with E-state index in [1.165, 1.54) is 0 Å². The number of aromatic nitrogens is 1. The first-order chi connectivity index (χ1) is 11.4. The number of furan rings is 1. The van der Waals surface area contributed by atoms with E-state index in [4.69, 9.17) is 8.94 Å². The first-order valence-corrected chi connectivity index (χ1v) is 7.57. The summed E-state index contributed by atoms with van der Waals surface area (Å²) in [6.07, 6.45) is 1.80. The number of rotatable bonds is 5. The lowest BCUT2D eigenvalue weighted by Crippen LogP contribution is -2.12. The van der Waals surface area contributed by atoms with Crippen molar-refractivity contribution in [1.82, 2.24) is 10.5 Å². The van der Waals surface area contributed by atoms with Crippen LogP contribution in [-0.2, 0) is 13.1 Å². The van der Waals surface area contributed by atoms with Gasteiger partial charge in [-0.05, 0) is 6.07 Å². The van der Waals surface area contributed by atoms with Gasteiger partial charge >= 0.3 is 0 Å². The van der Waals surface area contributed by atoms with Crippen LogP contribution in [0.3, 0.4) is 0 Å². The summed E-state index contributed by atoms with van der Waals surface area (Å²) in [7, 11) is 0. The maximum absolute atomic E-state index is 5.54. The fraction of sp³-hybridized carbons (Fsp3) is 0.105. The van der Waals surface area contributed by atoms with Gasteiger partial charge in [0.15, 0.2) is 5.76 Å². The van der Waals surface area contributed by atoms with Crippen molar-refractivity contribution in [2.45, 2.75) is 13.1 Å². The lowest BCUT2D eigenvalue weighted by atomic mass is 10.1. The molecule has 0 aliphatic rings. The second-order valence-corrected chi connectivity index (χ2v) is 5.41. The lowest BCUT2D eigenvalue weighted by molar-refractivity contribution is 0.420. The average molecular weight is 304 g/mol. The molecule has 2 heterocycles. The van der Waals surface area contributed by atoms with Crippen molar-refractivity contribution in [2.75, 3.05) is 0 Å². The zero-order valence-electron chi connectivity index (χ0n) is 12.5. The summed E-state index contributed by atoms with van der Waals surface area (Å²) in [5.74, 6) is 0.788. The van der Waals surface area contributed by atoms with E-state index in [0.717, 1.165) is 40.1 Å². The van der Waals surface area contributed by atoms with Gasteiger partial charge in [0.1, 0.15) is 5.58 Å². The molecule has 23 heavy (non-hydrogen) atoms. The molecule has 0 amide bonds. The Labute approximate surface area is 133 Å². The first kappa shape index (κ1) is 13.8. The third-order valence-electron chi connectivity index (χ3n) is 3.80. The Hall–Kier alpha value is -2.85. The molecule has 0 aliphatic heterocycles. The van der Waals surface area contributed by atoms with Gasteiger partial charge in [-0.3, -0.25) is 0 Å². The minimum absolute atomic E-state index is 0.649. The minimum Gasteiger partial charge on any atom is -0.464 e. The topological polar surface area (TPSA) is 51.2 Å². The van der Waals surface area contributed by atoms with E-state index in [0.29, 0.717) is 6.54 Å². The number of benzene rings is 2. The van der Waals surface area contributed by atoms with Crippen LogP contribution in [0.25, 0.3) is 22.3 Å². The molecule has 0 unspecified atom stereocenters. The number of hydrogen-bond donors (Lipinski definition) is 1. The van der Waals surface area contributed by atoms with Crippen molar-refractivity contribution >= 4 is 11.0 Å². The summed E-state index contributed by atoms with van der Waals surface area (Å²) in [6, 6.07) is 20.0. The van der Waals surface area contributed by atoms with Gasteiger partial charge in [-0.15, -0.1) is 0 Å². The molecule has 0 radical (unpaired) electrons. The summed E-state index contributed by atoms with van der Waals surface area (Å²) in [5, 5.41) is 8.63. The van der Waals surface area contributed by atoms with E-state index >= 15 is 0 Å². The molecule has 4 aromatic rings. The van der Waals surface area contributed by atoms with Crippen LogP contribution in [0.5, 0.6) is 0 Å². The highest BCUT2D eigenvalue weighted by Crippen LogP contribution is 2.21. The number of nitrogens with one attached hydrogen (secondary N) is 1. The largest absolute Gasteiger partial charge is 0.464 e. The minimum atomic E-state index is 0.649. The molecule has 114 valence electrons. The molecule has 0 saturated heterocycles. The standard InChI is InChI=1S/C19H16N2O2/c1-2-6-14(7-3-1)19-10-16(21-23-19)12-20-11-15-13-22-18-9-5-4-8-17(15)18/h1-10,13,20H,11-12H2. The van der Waals surface area contributed by atoms with E-state index < -0.39 is 0 Å². The molecule has 2 aromatic carbocycles. The van der Waals surface area contributed by atoms with E-state index in [9.17, 15) is 0 Å². The fourth-order valence-corrected chi connectivity index (χ4v) is 2.63. The van der Waals surface area contributed by atoms with Crippen molar-refractivity contribution in [3.63, 3.8) is 0 Å². The van der Waals surface area contributed by atoms with E-state index in [1.807, 2.05) is 54.6 Å². The number of hydrogen-bond acceptors (Lipinski definition) is 4. The molecule has 0 bridgehead atoms. The Balaban J connectivity index is 1.41. The Morgan fingerprint density at radius 2 is 1.74 bits per heavy atom. The first-order valence-electron chi connectivity index (χ1n) is 7.57. The van der Waals surface area contributed by atoms with Crippen molar-refractivity contribution in [3.8, 4) is 11.3 Å². The highest BCUT2D eigenvalue weighted by atomic mass is 16.5. The quantitative estimate of drug-likeness (QED) is 0.594. The Kier molecular flexibility index (Phi) is 3.66. The van der Waals surface area contributed by atoms with Crippen molar-refractivity contribution < 1.29 is 8.94 Å². The third kappa shape index (κ3) is 2.89. The van der Waals surface area contributed by atoms with E-state index in [1.54, 1.807) is 6.26 Å². The maximum atomic E-state index is 5.54. The third-order valence-corrected chi connectivity index (χ3v) is 3.80. The molecule has 0 spiro atoms. The maximum Gasteiger partial charge on any atom is 0.167 e. The van der Waals surface area contributed by atoms with Crippen LogP contribution < -0.4 is 5.32 Å². The summed E-state index contributed by atoms with van der Waals surface area (Å²) in [6.45, 7) is 1.38. The highest BCUT2D eigenvalue weighted by Gasteiger charge is 2.07. The molecule has 4 heteroatoms. The van der Waals surface area contributed by atoms with Crippen LogP contribution >= 0.6 is 0 Å². The van der Waals surface area contributed by atoms with Crippen LogP contribution in [0.15, 0.2) is 75.9 Å². The van der Waals surface area contributed by atoms with Gasteiger partial charge in [-0.2, -0.15) is 0 Å². The number of para-hydroxylation sites is 1. The van der Waals surface area contributed by atoms with Gasteiger partial charge in [0.25, 0.3) is 0 Å². The second-order valence-electron chi connectivity index (χ2n) is 5.41. The van der Waals surface area contributed by atoms with Crippen LogP contribution in [0.4, 0.5) is 0 Å². The molecular weight excluding hydrogens is 288 g/mol. The molecule has 4 nitrogen and oxygen atoms in total. The van der Waals surface area contributed by atoms with E-state index in [-0.39, 0.29) is 0 Å². The summed E-state index contributed by atoms with van der Waals surface area (Å²) >= 11 is 0. The molecular formula is C19H16N2O2. The normalized spacial score (nSPS) is 11.1. The zero-order valence-corrected chi connectivity index (χ0v) is 12.5. The van der Waals surface area contributed by atoms with Crippen LogP contribution in [0.1, 0.15) is 11.3 Å². The molecule has 4 rings (SSSR count). The summed E-state index contributed by atoms with van der Waals surface area (Å²) < 4.78 is 10.9. The van der Waals surface area contributed by atoms with Crippen molar-refractivity contribution in [1.29, 1.82) is 0 Å². The fourth-order valence-electron chi connectivity index (χ4n) is 2.63. The van der Waals surface area contributed by atoms with Gasteiger partial charge in [0.2, 0.25) is 0 Å². The lowest BCUT2D eigenvalue weighted by Gasteiger charge is -2.00. The van der Waals surface area contributed by atoms with Crippen LogP contribution in [0, 0.1) is 0 Å². The summed E-state index contributed by atoms with van der Waals surface area (Å²) in [4.78, 5) is 0. The number of fused-ring (bicyclic) bond motifs is 1. The monoisotopic (exact) mass is 304 g/mol. The molecule has 0 fully saturated rings.